The van der Waals surface area contributed by atoms with E-state index < -0.39 is 6.04 Å². The van der Waals surface area contributed by atoms with Gasteiger partial charge in [0, 0.05) is 6.54 Å². The van der Waals surface area contributed by atoms with Gasteiger partial charge in [-0.1, -0.05) is 61.0 Å². The van der Waals surface area contributed by atoms with Gasteiger partial charge in [-0.25, -0.2) is 0 Å². The predicted octanol–water partition coefficient (Wildman–Crippen LogP) is 3.38. The van der Waals surface area contributed by atoms with Gasteiger partial charge in [-0.05, 0) is 30.5 Å². The summed E-state index contributed by atoms with van der Waals surface area (Å²) in [6, 6.07) is 16.1. The van der Waals surface area contributed by atoms with Crippen LogP contribution in [0.2, 0.25) is 5.02 Å². The number of benzene rings is 2. The van der Waals surface area contributed by atoms with Gasteiger partial charge < -0.3 is 10.6 Å². The summed E-state index contributed by atoms with van der Waals surface area (Å²) in [5, 5.41) is 5.89. The average molecular weight is 345 g/mol. The molecule has 24 heavy (non-hydrogen) atoms. The average Bonchev–Trinajstić information content (AvgIpc) is 2.60. The van der Waals surface area contributed by atoms with Crippen molar-refractivity contribution in [2.75, 3.05) is 6.54 Å². The minimum absolute atomic E-state index is 0.196. The molecule has 0 heterocycles. The van der Waals surface area contributed by atoms with Gasteiger partial charge in [0.15, 0.2) is 0 Å². The first-order chi connectivity index (χ1) is 11.5. The molecular weight excluding hydrogens is 324 g/mol. The van der Waals surface area contributed by atoms with Crippen LogP contribution in [0.15, 0.2) is 54.6 Å². The van der Waals surface area contributed by atoms with E-state index in [2.05, 4.69) is 10.6 Å². The highest BCUT2D eigenvalue weighted by atomic mass is 35.5. The van der Waals surface area contributed by atoms with Crippen molar-refractivity contribution in [1.29, 1.82) is 0 Å². The van der Waals surface area contributed by atoms with E-state index in [1.54, 1.807) is 31.2 Å². The lowest BCUT2D eigenvalue weighted by atomic mass is 10.0. The van der Waals surface area contributed by atoms with Crippen LogP contribution in [0, 0.1) is 0 Å². The van der Waals surface area contributed by atoms with Gasteiger partial charge in [-0.15, -0.1) is 0 Å². The summed E-state index contributed by atoms with van der Waals surface area (Å²) in [6.07, 6.45) is 0. The molecule has 0 spiro atoms. The molecule has 0 aromatic heterocycles. The lowest BCUT2D eigenvalue weighted by Crippen LogP contribution is -2.45. The van der Waals surface area contributed by atoms with Crippen LogP contribution >= 0.6 is 11.6 Å². The summed E-state index contributed by atoms with van der Waals surface area (Å²) in [7, 11) is 0. The van der Waals surface area contributed by atoms with Crippen LogP contribution in [0.25, 0.3) is 0 Å². The molecule has 2 amide bonds. The zero-order valence-electron chi connectivity index (χ0n) is 13.8. The Morgan fingerprint density at radius 2 is 1.62 bits per heavy atom. The Balaban J connectivity index is 1.86. The first kappa shape index (κ1) is 18.0. The third-order valence-corrected chi connectivity index (χ3v) is 4.14. The van der Waals surface area contributed by atoms with Crippen LogP contribution in [0.1, 0.15) is 35.7 Å². The molecule has 0 saturated heterocycles. The molecule has 2 aromatic rings. The maximum Gasteiger partial charge on any atom is 0.253 e. The minimum Gasteiger partial charge on any atom is -0.354 e. The van der Waals surface area contributed by atoms with Crippen molar-refractivity contribution in [2.45, 2.75) is 25.8 Å². The monoisotopic (exact) mass is 344 g/mol. The maximum atomic E-state index is 12.2. The van der Waals surface area contributed by atoms with Crippen molar-refractivity contribution in [3.8, 4) is 0 Å². The summed E-state index contributed by atoms with van der Waals surface area (Å²) in [5.74, 6) is -0.390. The molecule has 0 aliphatic heterocycles. The summed E-state index contributed by atoms with van der Waals surface area (Å²) in [6.45, 7) is 4.20. The highest BCUT2D eigenvalue weighted by molar-refractivity contribution is 6.33. The van der Waals surface area contributed by atoms with E-state index in [1.165, 1.54) is 0 Å². The number of rotatable bonds is 6. The van der Waals surface area contributed by atoms with E-state index in [1.807, 2.05) is 37.3 Å². The van der Waals surface area contributed by atoms with E-state index in [0.717, 1.165) is 5.56 Å². The molecule has 2 rings (SSSR count). The first-order valence-electron chi connectivity index (χ1n) is 7.87. The number of carbonyl (C=O) groups is 2. The molecule has 2 aromatic carbocycles. The topological polar surface area (TPSA) is 58.2 Å². The van der Waals surface area contributed by atoms with Gasteiger partial charge in [-0.3, -0.25) is 9.59 Å². The Kier molecular flexibility index (Phi) is 6.38. The molecule has 5 heteroatoms. The summed E-state index contributed by atoms with van der Waals surface area (Å²) in [4.78, 5) is 24.3. The molecular formula is C19H21ClN2O2. The molecule has 126 valence electrons. The van der Waals surface area contributed by atoms with Crippen molar-refractivity contribution < 1.29 is 9.59 Å². The third-order valence-electron chi connectivity index (χ3n) is 3.81. The molecule has 0 fully saturated rings. The second-order valence-electron chi connectivity index (χ2n) is 5.73. The number of hydrogen-bond acceptors (Lipinski definition) is 2. The first-order valence-corrected chi connectivity index (χ1v) is 8.25. The molecule has 0 unspecified atom stereocenters. The van der Waals surface area contributed by atoms with Gasteiger partial charge in [-0.2, -0.15) is 0 Å². The lowest BCUT2D eigenvalue weighted by molar-refractivity contribution is -0.122. The predicted molar refractivity (Wildman–Crippen MR) is 96.2 cm³/mol. The van der Waals surface area contributed by atoms with Crippen molar-refractivity contribution in [2.24, 2.45) is 0 Å². The van der Waals surface area contributed by atoms with Gasteiger partial charge in [0.25, 0.3) is 5.91 Å². The van der Waals surface area contributed by atoms with Crippen LogP contribution in [0.5, 0.6) is 0 Å². The smallest absolute Gasteiger partial charge is 0.253 e. The molecule has 4 nitrogen and oxygen atoms in total. The second kappa shape index (κ2) is 8.50. The molecule has 0 bridgehead atoms. The number of amides is 2. The van der Waals surface area contributed by atoms with Crippen molar-refractivity contribution in [3.63, 3.8) is 0 Å². The summed E-state index contributed by atoms with van der Waals surface area (Å²) < 4.78 is 0. The Morgan fingerprint density at radius 3 is 2.29 bits per heavy atom. The number of carbonyl (C=O) groups excluding carboxylic acids is 2. The quantitative estimate of drug-likeness (QED) is 0.844. The number of halogens is 1. The highest BCUT2D eigenvalue weighted by Crippen LogP contribution is 2.15. The minimum atomic E-state index is -0.642. The Morgan fingerprint density at radius 1 is 1.00 bits per heavy atom. The van der Waals surface area contributed by atoms with E-state index in [9.17, 15) is 9.59 Å². The molecule has 2 N–H and O–H groups in total. The maximum absolute atomic E-state index is 12.2. The van der Waals surface area contributed by atoms with Crippen LogP contribution in [0.4, 0.5) is 0 Å². The van der Waals surface area contributed by atoms with E-state index in [-0.39, 0.29) is 17.7 Å². The summed E-state index contributed by atoms with van der Waals surface area (Å²) in [5.41, 5.74) is 1.52. The summed E-state index contributed by atoms with van der Waals surface area (Å²) >= 11 is 5.99. The number of hydrogen-bond donors (Lipinski definition) is 2. The standard InChI is InChI=1S/C19H21ClN2O2/c1-13(15-8-4-3-5-9-15)12-21-18(23)14(2)22-19(24)16-10-6-7-11-17(16)20/h3-11,13-14H,12H2,1-2H3,(H,21,23)(H,22,24)/t13-,14-/m0/s1. The van der Waals surface area contributed by atoms with Crippen molar-refractivity contribution >= 4 is 23.4 Å². The fourth-order valence-electron chi connectivity index (χ4n) is 2.29. The zero-order chi connectivity index (χ0) is 17.5. The highest BCUT2D eigenvalue weighted by Gasteiger charge is 2.18. The molecule has 2 atom stereocenters. The Bertz CT molecular complexity index is 704. The largest absolute Gasteiger partial charge is 0.354 e. The molecule has 0 aliphatic carbocycles. The van der Waals surface area contributed by atoms with Crippen LogP contribution in [-0.4, -0.2) is 24.4 Å². The zero-order valence-corrected chi connectivity index (χ0v) is 14.5. The van der Waals surface area contributed by atoms with Gasteiger partial charge in [0.2, 0.25) is 5.91 Å². The third kappa shape index (κ3) is 4.83. The SMILES string of the molecule is C[C@H](NC(=O)c1ccccc1Cl)C(=O)NC[C@H](C)c1ccccc1. The van der Waals surface area contributed by atoms with E-state index in [0.29, 0.717) is 17.1 Å². The lowest BCUT2D eigenvalue weighted by Gasteiger charge is -2.17. The molecule has 0 aliphatic rings. The van der Waals surface area contributed by atoms with Crippen molar-refractivity contribution in [1.82, 2.24) is 10.6 Å². The fourth-order valence-corrected chi connectivity index (χ4v) is 2.51. The van der Waals surface area contributed by atoms with Crippen LogP contribution in [0.3, 0.4) is 0 Å². The van der Waals surface area contributed by atoms with Crippen LogP contribution in [-0.2, 0) is 4.79 Å². The number of nitrogens with one attached hydrogen (secondary N) is 2. The van der Waals surface area contributed by atoms with Gasteiger partial charge in [0.05, 0.1) is 10.6 Å². The fraction of sp³-hybridized carbons (Fsp3) is 0.263. The molecule has 0 saturated carbocycles. The van der Waals surface area contributed by atoms with Gasteiger partial charge in [0.1, 0.15) is 6.04 Å². The Labute approximate surface area is 147 Å². The van der Waals surface area contributed by atoms with E-state index in [4.69, 9.17) is 11.6 Å². The normalized spacial score (nSPS) is 13.0. The van der Waals surface area contributed by atoms with Crippen molar-refractivity contribution in [3.05, 3.63) is 70.7 Å². The van der Waals surface area contributed by atoms with E-state index >= 15 is 0 Å². The molecule has 0 radical (unpaired) electrons. The second-order valence-corrected chi connectivity index (χ2v) is 6.14. The van der Waals surface area contributed by atoms with Gasteiger partial charge >= 0.3 is 0 Å². The van der Waals surface area contributed by atoms with Crippen LogP contribution < -0.4 is 10.6 Å². The Hall–Kier alpha value is -2.33.